The summed E-state index contributed by atoms with van der Waals surface area (Å²) in [5.74, 6) is -0.279. The number of ether oxygens (including phenoxy) is 2. The molecule has 130 valence electrons. The van der Waals surface area contributed by atoms with Gasteiger partial charge in [-0.3, -0.25) is 20.2 Å². The first-order valence-corrected chi connectivity index (χ1v) is 7.71. The molecule has 0 fully saturated rings. The Morgan fingerprint density at radius 3 is 2.00 bits per heavy atom. The number of benzene rings is 2. The standard InChI is InChI=1S/C18H12N2O6/c1-11-8-13-10-15(20(23)24)3-5-17(13)26-18(11)7-6-12-9-14(19(21)22)2-4-16(12)25-18/h2-10H,1H3. The van der Waals surface area contributed by atoms with Crippen LogP contribution in [-0.4, -0.2) is 15.6 Å². The second-order valence-corrected chi connectivity index (χ2v) is 5.99. The molecule has 0 amide bonds. The van der Waals surface area contributed by atoms with Crippen molar-refractivity contribution in [2.45, 2.75) is 12.7 Å². The van der Waals surface area contributed by atoms with Gasteiger partial charge in [0.05, 0.1) is 9.85 Å². The second-order valence-electron chi connectivity index (χ2n) is 5.99. The summed E-state index contributed by atoms with van der Waals surface area (Å²) in [6.07, 6.45) is 5.15. The first-order chi connectivity index (χ1) is 12.4. The second kappa shape index (κ2) is 5.41. The minimum absolute atomic E-state index is 0.0230. The normalized spacial score (nSPS) is 19.7. The Labute approximate surface area is 147 Å². The van der Waals surface area contributed by atoms with E-state index < -0.39 is 15.6 Å². The molecular formula is C18H12N2O6. The van der Waals surface area contributed by atoms with Crippen LogP contribution in [0.15, 0.2) is 48.0 Å². The molecule has 0 saturated carbocycles. The lowest BCUT2D eigenvalue weighted by molar-refractivity contribution is -0.385. The number of non-ortho nitro benzene ring substituents is 2. The van der Waals surface area contributed by atoms with Gasteiger partial charge in [-0.2, -0.15) is 0 Å². The van der Waals surface area contributed by atoms with Gasteiger partial charge in [0, 0.05) is 47.0 Å². The summed E-state index contributed by atoms with van der Waals surface area (Å²) in [6, 6.07) is 8.66. The molecular weight excluding hydrogens is 340 g/mol. The lowest BCUT2D eigenvalue weighted by Gasteiger charge is -2.38. The highest BCUT2D eigenvalue weighted by Gasteiger charge is 2.40. The number of hydrogen-bond acceptors (Lipinski definition) is 6. The van der Waals surface area contributed by atoms with E-state index in [0.29, 0.717) is 28.2 Å². The van der Waals surface area contributed by atoms with E-state index >= 15 is 0 Å². The summed E-state index contributed by atoms with van der Waals surface area (Å²) >= 11 is 0. The number of nitrogens with zero attached hydrogens (tertiary/aromatic N) is 2. The predicted octanol–water partition coefficient (Wildman–Crippen LogP) is 4.10. The highest BCUT2D eigenvalue weighted by Crippen LogP contribution is 2.43. The Bertz CT molecular complexity index is 1020. The zero-order valence-corrected chi connectivity index (χ0v) is 13.5. The number of rotatable bonds is 2. The third kappa shape index (κ3) is 2.39. The topological polar surface area (TPSA) is 105 Å². The zero-order valence-electron chi connectivity index (χ0n) is 13.5. The van der Waals surface area contributed by atoms with Crippen molar-refractivity contribution in [2.75, 3.05) is 0 Å². The third-order valence-electron chi connectivity index (χ3n) is 4.34. The van der Waals surface area contributed by atoms with Gasteiger partial charge in [0.1, 0.15) is 11.5 Å². The van der Waals surface area contributed by atoms with E-state index in [-0.39, 0.29) is 11.4 Å². The molecule has 2 heterocycles. The molecule has 8 nitrogen and oxygen atoms in total. The number of fused-ring (bicyclic) bond motifs is 2. The van der Waals surface area contributed by atoms with Gasteiger partial charge in [-0.25, -0.2) is 0 Å². The molecule has 0 N–H and O–H groups in total. The molecule has 2 aliphatic rings. The monoisotopic (exact) mass is 352 g/mol. The van der Waals surface area contributed by atoms with Gasteiger partial charge in [-0.1, -0.05) is 0 Å². The first kappa shape index (κ1) is 15.8. The van der Waals surface area contributed by atoms with Gasteiger partial charge in [-0.15, -0.1) is 0 Å². The van der Waals surface area contributed by atoms with Gasteiger partial charge in [0.25, 0.3) is 17.2 Å². The third-order valence-corrected chi connectivity index (χ3v) is 4.34. The van der Waals surface area contributed by atoms with Crippen LogP contribution in [0.25, 0.3) is 12.2 Å². The highest BCUT2D eigenvalue weighted by atomic mass is 16.7. The van der Waals surface area contributed by atoms with Crippen molar-refractivity contribution >= 4 is 23.5 Å². The van der Waals surface area contributed by atoms with Crippen molar-refractivity contribution in [1.29, 1.82) is 0 Å². The van der Waals surface area contributed by atoms with E-state index in [1.54, 1.807) is 25.2 Å². The Morgan fingerprint density at radius 2 is 1.42 bits per heavy atom. The quantitative estimate of drug-likeness (QED) is 0.595. The lowest BCUT2D eigenvalue weighted by atomic mass is 9.96. The molecule has 0 saturated heterocycles. The number of nitro groups is 2. The zero-order chi connectivity index (χ0) is 18.5. The fourth-order valence-corrected chi connectivity index (χ4v) is 2.97. The maximum atomic E-state index is 10.9. The highest BCUT2D eigenvalue weighted by molar-refractivity contribution is 5.71. The van der Waals surface area contributed by atoms with Crippen molar-refractivity contribution in [3.63, 3.8) is 0 Å². The fourth-order valence-electron chi connectivity index (χ4n) is 2.97. The van der Waals surface area contributed by atoms with Crippen molar-refractivity contribution in [3.8, 4) is 11.5 Å². The number of nitro benzene ring substituents is 2. The van der Waals surface area contributed by atoms with Crippen LogP contribution in [0.2, 0.25) is 0 Å². The molecule has 1 atom stereocenters. The first-order valence-electron chi connectivity index (χ1n) is 7.71. The Balaban J connectivity index is 1.73. The Morgan fingerprint density at radius 1 is 0.885 bits per heavy atom. The number of hydrogen-bond donors (Lipinski definition) is 0. The van der Waals surface area contributed by atoms with E-state index in [2.05, 4.69) is 0 Å². The minimum atomic E-state index is -1.19. The largest absolute Gasteiger partial charge is 0.444 e. The smallest absolute Gasteiger partial charge is 0.294 e. The van der Waals surface area contributed by atoms with Crippen LogP contribution in [0.4, 0.5) is 11.4 Å². The van der Waals surface area contributed by atoms with E-state index in [4.69, 9.17) is 9.47 Å². The SMILES string of the molecule is CC1=Cc2cc([N+](=O)[O-])ccc2OC12C=Cc1cc([N+](=O)[O-])ccc1O2. The molecule has 2 aliphatic heterocycles. The summed E-state index contributed by atoms with van der Waals surface area (Å²) in [7, 11) is 0. The molecule has 1 spiro atoms. The van der Waals surface area contributed by atoms with Gasteiger partial charge in [-0.05, 0) is 31.2 Å². The molecule has 0 aliphatic carbocycles. The molecule has 1 unspecified atom stereocenters. The molecule has 0 radical (unpaired) electrons. The van der Waals surface area contributed by atoms with Crippen LogP contribution in [0.1, 0.15) is 18.1 Å². The molecule has 26 heavy (non-hydrogen) atoms. The van der Waals surface area contributed by atoms with Crippen molar-refractivity contribution in [1.82, 2.24) is 0 Å². The maximum Gasteiger partial charge on any atom is 0.294 e. The van der Waals surface area contributed by atoms with E-state index in [9.17, 15) is 20.2 Å². The van der Waals surface area contributed by atoms with Crippen LogP contribution in [0.3, 0.4) is 0 Å². The van der Waals surface area contributed by atoms with Crippen LogP contribution >= 0.6 is 0 Å². The van der Waals surface area contributed by atoms with Crippen LogP contribution < -0.4 is 9.47 Å². The summed E-state index contributed by atoms with van der Waals surface area (Å²) in [5.41, 5.74) is 1.82. The molecule has 0 bridgehead atoms. The molecule has 2 aromatic carbocycles. The summed E-state index contributed by atoms with van der Waals surface area (Å²) in [4.78, 5) is 20.9. The molecule has 8 heteroatoms. The van der Waals surface area contributed by atoms with Crippen LogP contribution in [0.5, 0.6) is 11.5 Å². The predicted molar refractivity (Wildman–Crippen MR) is 92.9 cm³/mol. The van der Waals surface area contributed by atoms with Crippen molar-refractivity contribution in [2.24, 2.45) is 0 Å². The van der Waals surface area contributed by atoms with E-state index in [1.165, 1.54) is 36.4 Å². The summed E-state index contributed by atoms with van der Waals surface area (Å²) in [6.45, 7) is 1.79. The molecule has 0 aromatic heterocycles. The maximum absolute atomic E-state index is 10.9. The molecule has 2 aromatic rings. The lowest BCUT2D eigenvalue weighted by Crippen LogP contribution is -2.44. The van der Waals surface area contributed by atoms with Gasteiger partial charge >= 0.3 is 0 Å². The average molecular weight is 352 g/mol. The van der Waals surface area contributed by atoms with E-state index in [1.807, 2.05) is 0 Å². The van der Waals surface area contributed by atoms with E-state index in [0.717, 1.165) is 0 Å². The summed E-state index contributed by atoms with van der Waals surface area (Å²) in [5, 5.41) is 21.8. The summed E-state index contributed by atoms with van der Waals surface area (Å²) < 4.78 is 12.0. The Hall–Kier alpha value is -3.68. The average Bonchev–Trinajstić information content (AvgIpc) is 2.61. The fraction of sp³-hybridized carbons (Fsp3) is 0.111. The molecule has 4 rings (SSSR count). The van der Waals surface area contributed by atoms with Crippen molar-refractivity contribution in [3.05, 3.63) is 79.4 Å². The van der Waals surface area contributed by atoms with Crippen LogP contribution in [0, 0.1) is 20.2 Å². The van der Waals surface area contributed by atoms with Crippen molar-refractivity contribution < 1.29 is 19.3 Å². The van der Waals surface area contributed by atoms with Gasteiger partial charge in [0.2, 0.25) is 0 Å². The van der Waals surface area contributed by atoms with Crippen LogP contribution in [-0.2, 0) is 0 Å². The minimum Gasteiger partial charge on any atom is -0.444 e. The van der Waals surface area contributed by atoms with Gasteiger partial charge in [0.15, 0.2) is 0 Å². The Kier molecular flexibility index (Phi) is 3.30. The van der Waals surface area contributed by atoms with Gasteiger partial charge < -0.3 is 9.47 Å².